The molecule has 0 aliphatic carbocycles. The summed E-state index contributed by atoms with van der Waals surface area (Å²) in [5.74, 6) is 1.25. The summed E-state index contributed by atoms with van der Waals surface area (Å²) in [5, 5.41) is 20.7. The van der Waals surface area contributed by atoms with Crippen molar-refractivity contribution in [3.8, 4) is 34.5 Å². The number of halogens is 7. The molecule has 0 saturated heterocycles. The van der Waals surface area contributed by atoms with Crippen molar-refractivity contribution in [2.24, 2.45) is 10.3 Å². The molecule has 0 aliphatic rings. The first-order valence-electron chi connectivity index (χ1n) is 14.6. The topological polar surface area (TPSA) is 168 Å². The van der Waals surface area contributed by atoms with E-state index in [9.17, 15) is 21.9 Å². The maximum Gasteiger partial charge on any atom is 0.241 e. The van der Waals surface area contributed by atoms with Crippen molar-refractivity contribution in [1.29, 1.82) is 0 Å². The monoisotopic (exact) mass is 1080 g/mol. The summed E-state index contributed by atoms with van der Waals surface area (Å²) in [5.41, 5.74) is 1.90. The minimum atomic E-state index is -4.08. The van der Waals surface area contributed by atoms with Gasteiger partial charge in [-0.25, -0.2) is 27.1 Å². The number of alkyl halides is 1. The summed E-state index contributed by atoms with van der Waals surface area (Å²) >= 11 is 33.0. The molecule has 0 bridgehead atoms. The number of phenols is 1. The number of aromatic hydroxyl groups is 1. The van der Waals surface area contributed by atoms with Crippen LogP contribution in [-0.4, -0.2) is 33.5 Å². The van der Waals surface area contributed by atoms with Gasteiger partial charge in [-0.1, -0.05) is 119 Å². The molecule has 0 aliphatic heterocycles. The Morgan fingerprint density at radius 2 is 1.06 bits per heavy atom. The average molecular weight is 1090 g/mol. The third-order valence-corrected chi connectivity index (χ3v) is 11.2. The van der Waals surface area contributed by atoms with Gasteiger partial charge < -0.3 is 19.3 Å². The molecule has 0 heterocycles. The van der Waals surface area contributed by atoms with Crippen molar-refractivity contribution in [3.63, 3.8) is 0 Å². The zero-order valence-electron chi connectivity index (χ0n) is 27.4. The van der Waals surface area contributed by atoms with Crippen LogP contribution in [0.3, 0.4) is 0 Å². The Morgan fingerprint density at radius 3 is 1.45 bits per heavy atom. The Labute approximate surface area is 358 Å². The van der Waals surface area contributed by atoms with Gasteiger partial charge in [0.25, 0.3) is 0 Å². The summed E-state index contributed by atoms with van der Waals surface area (Å²) in [7, 11) is -6.22. The lowest BCUT2D eigenvalue weighted by Gasteiger charge is -2.12. The van der Waals surface area contributed by atoms with Crippen molar-refractivity contribution in [3.05, 3.63) is 125 Å². The lowest BCUT2D eigenvalue weighted by molar-refractivity contribution is 0.414. The number of sulfonamides is 2. The molecule has 0 fully saturated rings. The fraction of sp³-hybridized carbons (Fsp3) is 0.118. The molecule has 0 atom stereocenters. The van der Waals surface area contributed by atoms with E-state index in [4.69, 9.17) is 70.9 Å². The van der Waals surface area contributed by atoms with Crippen LogP contribution in [0, 0.1) is 6.92 Å². The summed E-state index contributed by atoms with van der Waals surface area (Å²) in [6.45, 7) is 1.64. The van der Waals surface area contributed by atoms with E-state index in [1.165, 1.54) is 22.1 Å². The number of phenolic OH excluding ortho intramolecular Hbond substituents is 1. The highest BCUT2D eigenvalue weighted by Gasteiger charge is 2.18. The molecule has 5 aromatic rings. The predicted molar refractivity (Wildman–Crippen MR) is 226 cm³/mol. The Bertz CT molecular complexity index is 2120. The van der Waals surface area contributed by atoms with Gasteiger partial charge in [0.15, 0.2) is 11.5 Å². The van der Waals surface area contributed by atoms with Crippen LogP contribution in [0.5, 0.6) is 34.5 Å². The number of hydrogen-bond donors (Lipinski definition) is 3. The van der Waals surface area contributed by atoms with Gasteiger partial charge in [-0.15, -0.1) is 0 Å². The molecule has 0 saturated carbocycles. The maximum absolute atomic E-state index is 11.5. The van der Waals surface area contributed by atoms with E-state index in [1.54, 1.807) is 50.4 Å². The van der Waals surface area contributed by atoms with Crippen molar-refractivity contribution in [2.75, 3.05) is 11.5 Å². The van der Waals surface area contributed by atoms with Crippen LogP contribution in [0.4, 0.5) is 0 Å². The van der Waals surface area contributed by atoms with E-state index in [0.717, 1.165) is 24.3 Å². The van der Waals surface area contributed by atoms with Gasteiger partial charge in [-0.05, 0) is 79.1 Å². The molecular formula is C34H29Br2Cl4IN2O8S2. The maximum atomic E-state index is 11.5. The number of ether oxygens (including phenoxy) is 3. The molecular weight excluding hydrogens is 1060 g/mol. The minimum Gasteiger partial charge on any atom is -0.507 e. The standard InChI is InChI=1S/C13H10BrCl2NO3S.C12H8BrCl2NO4S.C9H11IO/c1-7-2-3-9(6-12(7)21(17,18)19)20-13-10(15)4-8(14)5-11(13)16;13-6-3-8(14)12(9(15)4-6)20-7-1-2-10(17)11(5-7)21(16,18)19;1-11-9-4-2-8(3-5-9)6-7-10/h2-6H,1H3,(H2,17,18,19);1-5,17H,(H2,16,18,19);2-5H,6-7H2,1H3. The van der Waals surface area contributed by atoms with E-state index in [-0.39, 0.29) is 37.9 Å². The van der Waals surface area contributed by atoms with Gasteiger partial charge in [0.1, 0.15) is 27.9 Å². The molecule has 5 aromatic carbocycles. The number of primary sulfonamides is 2. The molecule has 0 amide bonds. The van der Waals surface area contributed by atoms with E-state index < -0.39 is 30.7 Å². The minimum absolute atomic E-state index is 0.00986. The molecule has 53 heavy (non-hydrogen) atoms. The van der Waals surface area contributed by atoms with Crippen molar-refractivity contribution in [1.82, 2.24) is 0 Å². The Kier molecular flexibility index (Phi) is 17.3. The van der Waals surface area contributed by atoms with Crippen LogP contribution in [0.1, 0.15) is 11.1 Å². The zero-order valence-corrected chi connectivity index (χ0v) is 37.4. The summed E-state index contributed by atoms with van der Waals surface area (Å²) in [6.07, 6.45) is 1.14. The summed E-state index contributed by atoms with van der Waals surface area (Å²) in [6, 6.07) is 22.7. The first-order chi connectivity index (χ1) is 24.7. The molecule has 19 heteroatoms. The molecule has 0 aromatic heterocycles. The van der Waals surface area contributed by atoms with Gasteiger partial charge in [-0.2, -0.15) is 0 Å². The van der Waals surface area contributed by atoms with Crippen LogP contribution >= 0.6 is 101 Å². The van der Waals surface area contributed by atoms with Crippen molar-refractivity contribution < 1.29 is 36.2 Å². The summed E-state index contributed by atoms with van der Waals surface area (Å²) in [4.78, 5) is -0.464. The number of aryl methyl sites for hydroxylation is 2. The van der Waals surface area contributed by atoms with Crippen molar-refractivity contribution in [2.45, 2.75) is 23.1 Å². The molecule has 5 rings (SSSR count). The molecule has 5 N–H and O–H groups in total. The van der Waals surface area contributed by atoms with Gasteiger partial charge in [0, 0.05) is 25.5 Å². The molecule has 0 spiro atoms. The normalized spacial score (nSPS) is 11.1. The van der Waals surface area contributed by atoms with Gasteiger partial charge in [-0.3, -0.25) is 0 Å². The Balaban J connectivity index is 0.000000225. The molecule has 0 unspecified atom stereocenters. The van der Waals surface area contributed by atoms with E-state index in [0.29, 0.717) is 24.6 Å². The number of methoxy groups -OCH3 is 1. The second-order valence-electron chi connectivity index (χ2n) is 10.5. The lowest BCUT2D eigenvalue weighted by Crippen LogP contribution is -2.13. The number of nitrogens with two attached hydrogens (primary N) is 2. The highest BCUT2D eigenvalue weighted by atomic mass is 127. The third-order valence-electron chi connectivity index (χ3n) is 6.61. The van der Waals surface area contributed by atoms with Gasteiger partial charge >= 0.3 is 0 Å². The fourth-order valence-electron chi connectivity index (χ4n) is 4.13. The fourth-order valence-corrected chi connectivity index (χ4v) is 8.76. The highest BCUT2D eigenvalue weighted by Crippen LogP contribution is 2.41. The van der Waals surface area contributed by atoms with Crippen LogP contribution in [0.2, 0.25) is 20.1 Å². The van der Waals surface area contributed by atoms with Crippen molar-refractivity contribution >= 4 is 121 Å². The SMILES string of the molecule is COc1ccc(CCI)cc1.Cc1ccc(Oc2c(Cl)cc(Br)cc2Cl)cc1S(N)(=O)=O.NS(=O)(=O)c1cc(Oc2c(Cl)cc(Br)cc2Cl)ccc1O. The van der Waals surface area contributed by atoms with E-state index in [1.807, 2.05) is 12.1 Å². The Hall–Kier alpha value is -2.03. The first-order valence-corrected chi connectivity index (χ1v) is 22.3. The second-order valence-corrected chi connectivity index (χ2v) is 18.1. The van der Waals surface area contributed by atoms with Gasteiger partial charge in [0.05, 0.1) is 32.1 Å². The molecule has 0 radical (unpaired) electrons. The van der Waals surface area contributed by atoms with Crippen LogP contribution in [-0.2, 0) is 26.5 Å². The molecule has 284 valence electrons. The molecule has 10 nitrogen and oxygen atoms in total. The van der Waals surface area contributed by atoms with E-state index >= 15 is 0 Å². The first kappa shape index (κ1) is 45.4. The smallest absolute Gasteiger partial charge is 0.241 e. The Morgan fingerprint density at radius 1 is 0.660 bits per heavy atom. The quantitative estimate of drug-likeness (QED) is 0.0968. The van der Waals surface area contributed by atoms with Crippen LogP contribution in [0.15, 0.2) is 104 Å². The largest absolute Gasteiger partial charge is 0.507 e. The third kappa shape index (κ3) is 13.9. The van der Waals surface area contributed by atoms with Crippen LogP contribution in [0.25, 0.3) is 0 Å². The number of rotatable bonds is 9. The number of hydrogen-bond acceptors (Lipinski definition) is 8. The van der Waals surface area contributed by atoms with Crippen LogP contribution < -0.4 is 24.5 Å². The second kappa shape index (κ2) is 20.2. The lowest BCUT2D eigenvalue weighted by atomic mass is 10.2. The average Bonchev–Trinajstić information content (AvgIpc) is 3.06. The van der Waals surface area contributed by atoms with E-state index in [2.05, 4.69) is 66.6 Å². The van der Waals surface area contributed by atoms with Gasteiger partial charge in [0.2, 0.25) is 20.0 Å². The highest BCUT2D eigenvalue weighted by molar-refractivity contribution is 14.1. The number of benzene rings is 5. The predicted octanol–water partition coefficient (Wildman–Crippen LogP) is 11.1. The zero-order chi connectivity index (χ0) is 39.7. The summed E-state index contributed by atoms with van der Waals surface area (Å²) < 4.78 is 64.3.